The van der Waals surface area contributed by atoms with Crippen LogP contribution in [0.1, 0.15) is 41.5 Å². The molecule has 1 amide bonds. The molecule has 3 atom stereocenters. The van der Waals surface area contributed by atoms with Crippen molar-refractivity contribution in [1.82, 2.24) is 14.7 Å². The summed E-state index contributed by atoms with van der Waals surface area (Å²) in [7, 11) is 0. The summed E-state index contributed by atoms with van der Waals surface area (Å²) < 4.78 is 11.3. The average Bonchev–Trinajstić information content (AvgIpc) is 2.64. The van der Waals surface area contributed by atoms with Crippen LogP contribution in [0.2, 0.25) is 0 Å². The van der Waals surface area contributed by atoms with Gasteiger partial charge in [0.15, 0.2) is 0 Å². The third kappa shape index (κ3) is 7.16. The van der Waals surface area contributed by atoms with Gasteiger partial charge in [0.1, 0.15) is 5.60 Å². The Bertz CT molecular complexity index is 674. The van der Waals surface area contributed by atoms with Crippen molar-refractivity contribution in [2.75, 3.05) is 45.9 Å². The van der Waals surface area contributed by atoms with Crippen LogP contribution in [0.25, 0.3) is 0 Å². The van der Waals surface area contributed by atoms with E-state index >= 15 is 0 Å². The molecule has 168 valence electrons. The van der Waals surface area contributed by atoms with E-state index in [1.54, 1.807) is 0 Å². The Hall–Kier alpha value is -1.81. The zero-order valence-corrected chi connectivity index (χ0v) is 19.6. The normalized spacial score (nSPS) is 27.3. The van der Waals surface area contributed by atoms with Crippen LogP contribution in [-0.4, -0.2) is 90.5 Å². The number of morpholine rings is 1. The topological polar surface area (TPSA) is 45.2 Å². The number of amides is 1. The molecule has 2 rings (SSSR count). The molecule has 2 heterocycles. The number of allylic oxidation sites excluding steroid dienone is 2. The molecule has 2 aliphatic heterocycles. The van der Waals surface area contributed by atoms with Crippen LogP contribution in [-0.2, 0) is 9.47 Å². The minimum atomic E-state index is -0.503. The summed E-state index contributed by atoms with van der Waals surface area (Å²) in [5, 5.41) is 0. The number of rotatable bonds is 5. The van der Waals surface area contributed by atoms with Crippen molar-refractivity contribution in [2.45, 2.75) is 65.3 Å². The van der Waals surface area contributed by atoms with Crippen LogP contribution < -0.4 is 0 Å². The van der Waals surface area contributed by atoms with Crippen LogP contribution in [0.4, 0.5) is 4.79 Å². The summed E-state index contributed by atoms with van der Waals surface area (Å²) in [4.78, 5) is 19.7. The smallest absolute Gasteiger partial charge is 0.410 e. The zero-order valence-electron chi connectivity index (χ0n) is 19.6. The highest BCUT2D eigenvalue weighted by atomic mass is 16.6. The number of ether oxygens (including phenoxy) is 2. The van der Waals surface area contributed by atoms with E-state index in [0.29, 0.717) is 12.6 Å². The standard InChI is InChI=1S/C24H39N3O3/c1-8-10-21(11-9-2)15-26-14-19(3)27(23(28)30-24(5,6)7)17-22(26)16-25-12-13-29-18-20(25)4/h1,9-11,19-20,22H,12-18H2,2-7H3/b11-9-,21-10+/t19-,20-,22+/m1/s1. The molecule has 0 unspecified atom stereocenters. The second-order valence-electron chi connectivity index (χ2n) is 9.37. The second-order valence-corrected chi connectivity index (χ2v) is 9.37. The first kappa shape index (κ1) is 24.5. The molecule has 0 radical (unpaired) electrons. The van der Waals surface area contributed by atoms with Gasteiger partial charge >= 0.3 is 6.09 Å². The van der Waals surface area contributed by atoms with Gasteiger partial charge in [-0.05, 0) is 53.2 Å². The van der Waals surface area contributed by atoms with Gasteiger partial charge in [0.05, 0.1) is 13.2 Å². The number of hydrogen-bond donors (Lipinski definition) is 0. The van der Waals surface area contributed by atoms with Crippen molar-refractivity contribution in [3.05, 3.63) is 23.8 Å². The van der Waals surface area contributed by atoms with Crippen LogP contribution in [0.5, 0.6) is 0 Å². The molecule has 0 bridgehead atoms. The molecule has 0 saturated carbocycles. The number of hydrogen-bond acceptors (Lipinski definition) is 5. The van der Waals surface area contributed by atoms with Crippen molar-refractivity contribution < 1.29 is 14.3 Å². The van der Waals surface area contributed by atoms with E-state index in [9.17, 15) is 4.79 Å². The highest BCUT2D eigenvalue weighted by Gasteiger charge is 2.37. The number of terminal acetylenes is 1. The molecule has 0 aromatic carbocycles. The predicted molar refractivity (Wildman–Crippen MR) is 121 cm³/mol. The first-order valence-corrected chi connectivity index (χ1v) is 11.0. The number of carbonyl (C=O) groups is 1. The SMILES string of the molecule is C#C/C=C(\C=C/C)CN1C[C@@H](C)N(C(=O)OC(C)(C)C)C[C@@H]1CN1CCOC[C@H]1C. The number of carbonyl (C=O) groups excluding carboxylic acids is 1. The fourth-order valence-corrected chi connectivity index (χ4v) is 4.06. The van der Waals surface area contributed by atoms with E-state index in [-0.39, 0.29) is 18.2 Å². The minimum absolute atomic E-state index is 0.0657. The highest BCUT2D eigenvalue weighted by molar-refractivity contribution is 5.68. The molecule has 2 aliphatic rings. The Labute approximate surface area is 182 Å². The minimum Gasteiger partial charge on any atom is -0.444 e. The molecule has 0 spiro atoms. The molecular formula is C24H39N3O3. The lowest BCUT2D eigenvalue weighted by molar-refractivity contribution is -0.0385. The molecule has 6 heteroatoms. The highest BCUT2D eigenvalue weighted by Crippen LogP contribution is 2.22. The summed E-state index contributed by atoms with van der Waals surface area (Å²) in [5.74, 6) is 2.66. The molecule has 6 nitrogen and oxygen atoms in total. The van der Waals surface area contributed by atoms with Gasteiger partial charge in [-0.3, -0.25) is 9.80 Å². The Kier molecular flexibility index (Phi) is 8.96. The lowest BCUT2D eigenvalue weighted by Gasteiger charge is -2.47. The van der Waals surface area contributed by atoms with Crippen LogP contribution in [0, 0.1) is 12.3 Å². The summed E-state index contributed by atoms with van der Waals surface area (Å²) in [5.41, 5.74) is 0.606. The molecule has 2 fully saturated rings. The van der Waals surface area contributed by atoms with Crippen LogP contribution in [0.3, 0.4) is 0 Å². The third-order valence-corrected chi connectivity index (χ3v) is 5.57. The Morgan fingerprint density at radius 1 is 1.23 bits per heavy atom. The van der Waals surface area contributed by atoms with Gasteiger partial charge in [-0.2, -0.15) is 0 Å². The van der Waals surface area contributed by atoms with Gasteiger partial charge in [0.25, 0.3) is 0 Å². The first-order valence-electron chi connectivity index (χ1n) is 11.0. The van der Waals surface area contributed by atoms with Crippen molar-refractivity contribution in [3.8, 4) is 12.3 Å². The maximum Gasteiger partial charge on any atom is 0.410 e. The van der Waals surface area contributed by atoms with E-state index in [2.05, 4.69) is 35.6 Å². The maximum atomic E-state index is 12.9. The fourth-order valence-electron chi connectivity index (χ4n) is 4.06. The monoisotopic (exact) mass is 417 g/mol. The lowest BCUT2D eigenvalue weighted by atomic mass is 10.0. The largest absolute Gasteiger partial charge is 0.444 e. The van der Waals surface area contributed by atoms with Gasteiger partial charge in [-0.25, -0.2) is 4.79 Å². The molecule has 0 N–H and O–H groups in total. The van der Waals surface area contributed by atoms with Gasteiger partial charge in [-0.1, -0.05) is 18.1 Å². The van der Waals surface area contributed by atoms with Crippen LogP contribution >= 0.6 is 0 Å². The average molecular weight is 418 g/mol. The maximum absolute atomic E-state index is 12.9. The van der Waals surface area contributed by atoms with E-state index in [1.807, 2.05) is 44.7 Å². The van der Waals surface area contributed by atoms with Crippen molar-refractivity contribution >= 4 is 6.09 Å². The molecule has 0 aromatic rings. The van der Waals surface area contributed by atoms with E-state index in [4.69, 9.17) is 15.9 Å². The zero-order chi connectivity index (χ0) is 22.3. The molecule has 0 aromatic heterocycles. The van der Waals surface area contributed by atoms with E-state index < -0.39 is 5.60 Å². The van der Waals surface area contributed by atoms with Gasteiger partial charge in [0.2, 0.25) is 0 Å². The molecular weight excluding hydrogens is 378 g/mol. The summed E-state index contributed by atoms with van der Waals surface area (Å²) in [6, 6.07) is 0.628. The fraction of sp³-hybridized carbons (Fsp3) is 0.708. The summed E-state index contributed by atoms with van der Waals surface area (Å²) in [6.45, 7) is 17.5. The van der Waals surface area contributed by atoms with E-state index in [1.165, 1.54) is 0 Å². The van der Waals surface area contributed by atoms with Crippen molar-refractivity contribution in [2.24, 2.45) is 0 Å². The summed E-state index contributed by atoms with van der Waals surface area (Å²) in [6.07, 6.45) is 11.2. The van der Waals surface area contributed by atoms with Gasteiger partial charge in [0, 0.05) is 50.8 Å². The van der Waals surface area contributed by atoms with Crippen molar-refractivity contribution in [1.29, 1.82) is 0 Å². The first-order chi connectivity index (χ1) is 14.1. The second kappa shape index (κ2) is 11.0. The van der Waals surface area contributed by atoms with E-state index in [0.717, 1.165) is 45.0 Å². The molecule has 0 aliphatic carbocycles. The van der Waals surface area contributed by atoms with Crippen molar-refractivity contribution in [3.63, 3.8) is 0 Å². The Balaban J connectivity index is 2.21. The predicted octanol–water partition coefficient (Wildman–Crippen LogP) is 3.15. The quantitative estimate of drug-likeness (QED) is 0.508. The van der Waals surface area contributed by atoms with Gasteiger partial charge in [-0.15, -0.1) is 6.42 Å². The summed E-state index contributed by atoms with van der Waals surface area (Å²) >= 11 is 0. The number of piperazine rings is 1. The third-order valence-electron chi connectivity index (χ3n) is 5.57. The van der Waals surface area contributed by atoms with Crippen LogP contribution in [0.15, 0.2) is 23.8 Å². The Morgan fingerprint density at radius 2 is 1.97 bits per heavy atom. The molecule has 2 saturated heterocycles. The Morgan fingerprint density at radius 3 is 2.57 bits per heavy atom. The molecule has 30 heavy (non-hydrogen) atoms. The number of nitrogens with zero attached hydrogens (tertiary/aromatic N) is 3. The van der Waals surface area contributed by atoms with Gasteiger partial charge < -0.3 is 14.4 Å². The lowest BCUT2D eigenvalue weighted by Crippen LogP contribution is -2.63.